The number of fused-ring (bicyclic) bond motifs is 1. The first-order valence-electron chi connectivity index (χ1n) is 6.53. The summed E-state index contributed by atoms with van der Waals surface area (Å²) in [4.78, 5) is 24.5. The molecule has 0 fully saturated rings. The maximum Gasteiger partial charge on any atom is 0.261 e. The number of carbonyl (C=O) groups is 2. The second-order valence-electron chi connectivity index (χ2n) is 5.11. The van der Waals surface area contributed by atoms with E-state index < -0.39 is 11.5 Å². The van der Waals surface area contributed by atoms with Crippen molar-refractivity contribution < 1.29 is 14.7 Å². The number of Topliss-reactive ketones (excluding diaryl/α,β-unsaturated/α-hetero) is 1. The van der Waals surface area contributed by atoms with Crippen molar-refractivity contribution in [3.8, 4) is 0 Å². The normalized spacial score (nSPS) is 19.7. The van der Waals surface area contributed by atoms with E-state index in [-0.39, 0.29) is 12.2 Å². The van der Waals surface area contributed by atoms with Crippen molar-refractivity contribution >= 4 is 49.2 Å². The van der Waals surface area contributed by atoms with Crippen LogP contribution in [0.4, 0.5) is 5.69 Å². The number of aliphatic hydroxyl groups is 1. The highest BCUT2D eigenvalue weighted by Crippen LogP contribution is 2.40. The van der Waals surface area contributed by atoms with Gasteiger partial charge in [0.1, 0.15) is 0 Å². The van der Waals surface area contributed by atoms with Gasteiger partial charge < -0.3 is 10.4 Å². The van der Waals surface area contributed by atoms with Gasteiger partial charge in [-0.3, -0.25) is 9.59 Å². The summed E-state index contributed by atoms with van der Waals surface area (Å²) in [6.45, 7) is 0. The molecule has 2 aromatic carbocycles. The first kappa shape index (κ1) is 15.4. The molecule has 1 amide bonds. The fourth-order valence-corrected chi connectivity index (χ4v) is 3.09. The number of ketones is 1. The quantitative estimate of drug-likeness (QED) is 0.739. The minimum Gasteiger partial charge on any atom is -0.375 e. The molecule has 0 saturated carbocycles. The first-order chi connectivity index (χ1) is 10.4. The lowest BCUT2D eigenvalue weighted by atomic mass is 9.88. The molecule has 0 aliphatic carbocycles. The van der Waals surface area contributed by atoms with Gasteiger partial charge in [-0.1, -0.05) is 44.0 Å². The third kappa shape index (κ3) is 2.62. The number of nitrogens with one attached hydrogen (secondary N) is 1. The number of hydrogen-bond donors (Lipinski definition) is 2. The van der Waals surface area contributed by atoms with Crippen LogP contribution in [0.15, 0.2) is 51.4 Å². The monoisotopic (exact) mass is 423 g/mol. The van der Waals surface area contributed by atoms with Gasteiger partial charge in [0, 0.05) is 25.8 Å². The zero-order chi connectivity index (χ0) is 15.9. The number of benzene rings is 2. The molecular formula is C16H11Br2NO3. The summed E-state index contributed by atoms with van der Waals surface area (Å²) >= 11 is 6.62. The van der Waals surface area contributed by atoms with Gasteiger partial charge in [0.15, 0.2) is 11.4 Å². The summed E-state index contributed by atoms with van der Waals surface area (Å²) in [6.07, 6.45) is -0.302. The van der Waals surface area contributed by atoms with E-state index in [0.29, 0.717) is 16.8 Å². The SMILES string of the molecule is O=C(CC1(O)C(=O)Nc2ccc(Br)cc21)c1ccc(Br)cc1. The van der Waals surface area contributed by atoms with Gasteiger partial charge in [-0.15, -0.1) is 0 Å². The Balaban J connectivity index is 1.94. The molecule has 1 heterocycles. The van der Waals surface area contributed by atoms with Crippen LogP contribution in [0, 0.1) is 0 Å². The molecule has 1 atom stereocenters. The van der Waals surface area contributed by atoms with Crippen molar-refractivity contribution in [1.82, 2.24) is 0 Å². The van der Waals surface area contributed by atoms with E-state index in [0.717, 1.165) is 8.95 Å². The lowest BCUT2D eigenvalue weighted by Gasteiger charge is -2.20. The molecule has 112 valence electrons. The van der Waals surface area contributed by atoms with Gasteiger partial charge in [-0.05, 0) is 30.3 Å². The highest BCUT2D eigenvalue weighted by molar-refractivity contribution is 9.10. The van der Waals surface area contributed by atoms with Crippen molar-refractivity contribution in [2.24, 2.45) is 0 Å². The van der Waals surface area contributed by atoms with E-state index in [1.165, 1.54) is 0 Å². The summed E-state index contributed by atoms with van der Waals surface area (Å²) in [7, 11) is 0. The summed E-state index contributed by atoms with van der Waals surface area (Å²) in [6, 6.07) is 11.9. The summed E-state index contributed by atoms with van der Waals surface area (Å²) in [5.74, 6) is -0.871. The van der Waals surface area contributed by atoms with Gasteiger partial charge in [0.25, 0.3) is 5.91 Å². The van der Waals surface area contributed by atoms with Crippen LogP contribution in [-0.4, -0.2) is 16.8 Å². The molecule has 2 aromatic rings. The number of anilines is 1. The molecule has 1 aliphatic heterocycles. The lowest BCUT2D eigenvalue weighted by molar-refractivity contribution is -0.133. The summed E-state index contributed by atoms with van der Waals surface area (Å²) in [5, 5.41) is 13.4. The van der Waals surface area contributed by atoms with Crippen LogP contribution in [0.2, 0.25) is 0 Å². The number of amides is 1. The third-order valence-electron chi connectivity index (χ3n) is 3.63. The molecule has 3 rings (SSSR count). The molecule has 22 heavy (non-hydrogen) atoms. The predicted molar refractivity (Wildman–Crippen MR) is 89.8 cm³/mol. The predicted octanol–water partition coefficient (Wildman–Crippen LogP) is 3.62. The zero-order valence-electron chi connectivity index (χ0n) is 11.3. The molecule has 2 N–H and O–H groups in total. The average molecular weight is 425 g/mol. The Morgan fingerprint density at radius 1 is 1.09 bits per heavy atom. The fraction of sp³-hybridized carbons (Fsp3) is 0.125. The van der Waals surface area contributed by atoms with E-state index in [4.69, 9.17) is 0 Å². The highest BCUT2D eigenvalue weighted by Gasteiger charge is 2.46. The van der Waals surface area contributed by atoms with E-state index in [2.05, 4.69) is 37.2 Å². The van der Waals surface area contributed by atoms with E-state index >= 15 is 0 Å². The van der Waals surface area contributed by atoms with Gasteiger partial charge >= 0.3 is 0 Å². The number of carbonyl (C=O) groups excluding carboxylic acids is 2. The Morgan fingerprint density at radius 3 is 2.41 bits per heavy atom. The van der Waals surface area contributed by atoms with Crippen LogP contribution in [0.5, 0.6) is 0 Å². The van der Waals surface area contributed by atoms with Crippen LogP contribution in [0.1, 0.15) is 22.3 Å². The Bertz CT molecular complexity index is 773. The minimum absolute atomic E-state index is 0.294. The third-order valence-corrected chi connectivity index (χ3v) is 4.66. The number of rotatable bonds is 3. The van der Waals surface area contributed by atoms with Crippen molar-refractivity contribution in [1.29, 1.82) is 0 Å². The fourth-order valence-electron chi connectivity index (χ4n) is 2.46. The molecular weight excluding hydrogens is 414 g/mol. The summed E-state index contributed by atoms with van der Waals surface area (Å²) in [5.41, 5.74) is -0.451. The smallest absolute Gasteiger partial charge is 0.261 e. The highest BCUT2D eigenvalue weighted by atomic mass is 79.9. The van der Waals surface area contributed by atoms with Gasteiger partial charge in [0.2, 0.25) is 0 Å². The molecule has 1 unspecified atom stereocenters. The standard InChI is InChI=1S/C16H11Br2NO3/c17-10-3-1-9(2-4-10)14(20)8-16(22)12-7-11(18)5-6-13(12)19-15(16)21/h1-7,22H,8H2,(H,19,21). The Hall–Kier alpha value is -1.50. The van der Waals surface area contributed by atoms with E-state index in [1.54, 1.807) is 42.5 Å². The van der Waals surface area contributed by atoms with Crippen LogP contribution in [-0.2, 0) is 10.4 Å². The minimum atomic E-state index is -1.84. The van der Waals surface area contributed by atoms with Crippen LogP contribution in [0.3, 0.4) is 0 Å². The van der Waals surface area contributed by atoms with Gasteiger partial charge in [-0.25, -0.2) is 0 Å². The Morgan fingerprint density at radius 2 is 1.73 bits per heavy atom. The topological polar surface area (TPSA) is 66.4 Å². The van der Waals surface area contributed by atoms with E-state index in [1.807, 2.05) is 0 Å². The van der Waals surface area contributed by atoms with E-state index in [9.17, 15) is 14.7 Å². The van der Waals surface area contributed by atoms with Crippen LogP contribution < -0.4 is 5.32 Å². The van der Waals surface area contributed by atoms with Crippen molar-refractivity contribution in [2.45, 2.75) is 12.0 Å². The molecule has 1 aliphatic rings. The molecule has 6 heteroatoms. The molecule has 0 spiro atoms. The molecule has 0 radical (unpaired) electrons. The molecule has 4 nitrogen and oxygen atoms in total. The van der Waals surface area contributed by atoms with Crippen LogP contribution >= 0.6 is 31.9 Å². The lowest BCUT2D eigenvalue weighted by Crippen LogP contribution is -2.36. The first-order valence-corrected chi connectivity index (χ1v) is 8.11. The Labute approximate surface area is 143 Å². The zero-order valence-corrected chi connectivity index (χ0v) is 14.4. The maximum absolute atomic E-state index is 12.4. The Kier molecular flexibility index (Phi) is 3.92. The van der Waals surface area contributed by atoms with Gasteiger partial charge in [0.05, 0.1) is 6.42 Å². The van der Waals surface area contributed by atoms with Crippen LogP contribution in [0.25, 0.3) is 0 Å². The second-order valence-corrected chi connectivity index (χ2v) is 6.94. The van der Waals surface area contributed by atoms with Crippen molar-refractivity contribution in [3.05, 3.63) is 62.5 Å². The summed E-state index contributed by atoms with van der Waals surface area (Å²) < 4.78 is 1.59. The number of hydrogen-bond acceptors (Lipinski definition) is 3. The molecule has 0 aromatic heterocycles. The van der Waals surface area contributed by atoms with Gasteiger partial charge in [-0.2, -0.15) is 0 Å². The second kappa shape index (κ2) is 5.61. The number of halogens is 2. The molecule has 0 saturated heterocycles. The van der Waals surface area contributed by atoms with Crippen molar-refractivity contribution in [2.75, 3.05) is 5.32 Å². The largest absolute Gasteiger partial charge is 0.375 e. The maximum atomic E-state index is 12.4. The average Bonchev–Trinajstić information content (AvgIpc) is 2.71. The molecule has 0 bridgehead atoms. The van der Waals surface area contributed by atoms with Crippen molar-refractivity contribution in [3.63, 3.8) is 0 Å².